The number of anilines is 1. The van der Waals surface area contributed by atoms with Gasteiger partial charge in [0, 0.05) is 18.3 Å². The number of rotatable bonds is 5. The van der Waals surface area contributed by atoms with Gasteiger partial charge in [0.1, 0.15) is 5.38 Å². The van der Waals surface area contributed by atoms with Gasteiger partial charge in [0.2, 0.25) is 15.9 Å². The van der Waals surface area contributed by atoms with Crippen LogP contribution in [0.2, 0.25) is 0 Å². The van der Waals surface area contributed by atoms with Crippen LogP contribution in [-0.2, 0) is 14.8 Å². The first-order valence-corrected chi connectivity index (χ1v) is 9.80. The summed E-state index contributed by atoms with van der Waals surface area (Å²) < 4.78 is 27.2. The monoisotopic (exact) mass is 358 g/mol. The van der Waals surface area contributed by atoms with Gasteiger partial charge in [0.15, 0.2) is 0 Å². The summed E-state index contributed by atoms with van der Waals surface area (Å²) in [6, 6.07) is 6.32. The Kier molecular flexibility index (Phi) is 6.06. The fourth-order valence-electron chi connectivity index (χ4n) is 2.79. The topological polar surface area (TPSA) is 66.5 Å². The summed E-state index contributed by atoms with van der Waals surface area (Å²) in [6.45, 7) is 4.17. The van der Waals surface area contributed by atoms with Crippen molar-refractivity contribution in [2.24, 2.45) is 0 Å². The van der Waals surface area contributed by atoms with E-state index >= 15 is 0 Å². The van der Waals surface area contributed by atoms with Crippen molar-refractivity contribution in [3.8, 4) is 0 Å². The maximum atomic E-state index is 12.8. The smallest absolute Gasteiger partial charge is 0.243 e. The van der Waals surface area contributed by atoms with E-state index in [1.54, 1.807) is 23.4 Å². The molecule has 128 valence electrons. The Bertz CT molecular complexity index is 644. The number of nitrogens with one attached hydrogen (secondary N) is 1. The van der Waals surface area contributed by atoms with E-state index < -0.39 is 15.4 Å². The molecular formula is C16H23ClN2O3S. The van der Waals surface area contributed by atoms with Crippen molar-refractivity contribution in [2.45, 2.75) is 55.8 Å². The standard InChI is InChI=1S/C16H23ClN2O3S/c1-3-14-6-4-5-11-19(14)23(21,22)15-9-7-13(8-10-15)18-16(20)12(2)17/h7-10,12,14H,3-6,11H2,1-2H3,(H,18,20). The minimum absolute atomic E-state index is 0.0743. The summed E-state index contributed by atoms with van der Waals surface area (Å²) in [6.07, 6.45) is 3.71. The van der Waals surface area contributed by atoms with E-state index in [1.165, 1.54) is 12.1 Å². The van der Waals surface area contributed by atoms with Crippen LogP contribution in [0.1, 0.15) is 39.5 Å². The number of hydrogen-bond acceptors (Lipinski definition) is 3. The lowest BCUT2D eigenvalue weighted by Crippen LogP contribution is -2.43. The highest BCUT2D eigenvalue weighted by Gasteiger charge is 2.32. The third-order valence-electron chi connectivity index (χ3n) is 4.13. The fourth-order valence-corrected chi connectivity index (χ4v) is 4.61. The van der Waals surface area contributed by atoms with E-state index in [4.69, 9.17) is 11.6 Å². The van der Waals surface area contributed by atoms with Gasteiger partial charge in [-0.25, -0.2) is 8.42 Å². The Morgan fingerprint density at radius 2 is 2.00 bits per heavy atom. The summed E-state index contributed by atoms with van der Waals surface area (Å²) in [5.74, 6) is -0.315. The zero-order chi connectivity index (χ0) is 17.0. The molecule has 0 spiro atoms. The number of hydrogen-bond donors (Lipinski definition) is 1. The van der Waals surface area contributed by atoms with Gasteiger partial charge in [-0.2, -0.15) is 4.31 Å². The second-order valence-corrected chi connectivity index (χ2v) is 8.35. The molecule has 0 bridgehead atoms. The number of alkyl halides is 1. The summed E-state index contributed by atoms with van der Waals surface area (Å²) in [4.78, 5) is 11.8. The number of carbonyl (C=O) groups excluding carboxylic acids is 1. The molecule has 0 radical (unpaired) electrons. The predicted octanol–water partition coefficient (Wildman–Crippen LogP) is 3.21. The van der Waals surface area contributed by atoms with Gasteiger partial charge in [-0.05, 0) is 50.5 Å². The van der Waals surface area contributed by atoms with Gasteiger partial charge in [-0.1, -0.05) is 13.3 Å². The first-order valence-electron chi connectivity index (χ1n) is 7.93. The number of carbonyl (C=O) groups is 1. The van der Waals surface area contributed by atoms with Crippen molar-refractivity contribution in [1.82, 2.24) is 4.31 Å². The van der Waals surface area contributed by atoms with Crippen molar-refractivity contribution in [3.05, 3.63) is 24.3 Å². The van der Waals surface area contributed by atoms with Crippen LogP contribution in [0.25, 0.3) is 0 Å². The maximum absolute atomic E-state index is 12.8. The lowest BCUT2D eigenvalue weighted by atomic mass is 10.0. The average molecular weight is 359 g/mol. The molecular weight excluding hydrogens is 336 g/mol. The highest BCUT2D eigenvalue weighted by Crippen LogP contribution is 2.27. The summed E-state index contributed by atoms with van der Waals surface area (Å²) in [5.41, 5.74) is 0.534. The molecule has 2 atom stereocenters. The SMILES string of the molecule is CCC1CCCCN1S(=O)(=O)c1ccc(NC(=O)C(C)Cl)cc1. The van der Waals surface area contributed by atoms with Gasteiger partial charge in [-0.3, -0.25) is 4.79 Å². The van der Waals surface area contributed by atoms with E-state index in [2.05, 4.69) is 5.32 Å². The zero-order valence-electron chi connectivity index (χ0n) is 13.5. The Morgan fingerprint density at radius 1 is 1.35 bits per heavy atom. The molecule has 2 rings (SSSR count). The third kappa shape index (κ3) is 4.25. The second kappa shape index (κ2) is 7.64. The normalized spacial score (nSPS) is 20.9. The average Bonchev–Trinajstić information content (AvgIpc) is 2.55. The van der Waals surface area contributed by atoms with Gasteiger partial charge in [-0.15, -0.1) is 11.6 Å². The van der Waals surface area contributed by atoms with E-state index in [0.29, 0.717) is 12.2 Å². The molecule has 23 heavy (non-hydrogen) atoms. The number of benzene rings is 1. The van der Waals surface area contributed by atoms with Crippen LogP contribution in [0.15, 0.2) is 29.2 Å². The Labute approximate surface area is 143 Å². The van der Waals surface area contributed by atoms with Crippen LogP contribution in [0.5, 0.6) is 0 Å². The van der Waals surface area contributed by atoms with Crippen molar-refractivity contribution in [1.29, 1.82) is 0 Å². The molecule has 0 aromatic heterocycles. The molecule has 1 aromatic rings. The summed E-state index contributed by atoms with van der Waals surface area (Å²) in [5, 5.41) is 2.00. The lowest BCUT2D eigenvalue weighted by molar-refractivity contribution is -0.115. The van der Waals surface area contributed by atoms with Gasteiger partial charge in [0.25, 0.3) is 0 Å². The molecule has 1 saturated heterocycles. The highest BCUT2D eigenvalue weighted by molar-refractivity contribution is 7.89. The van der Waals surface area contributed by atoms with E-state index in [1.807, 2.05) is 6.92 Å². The quantitative estimate of drug-likeness (QED) is 0.822. The number of amides is 1. The molecule has 5 nitrogen and oxygen atoms in total. The van der Waals surface area contributed by atoms with E-state index in [0.717, 1.165) is 25.7 Å². The minimum atomic E-state index is -3.49. The second-order valence-electron chi connectivity index (χ2n) is 5.80. The molecule has 0 saturated carbocycles. The molecule has 1 heterocycles. The Hall–Kier alpha value is -1.11. The molecule has 1 aliphatic rings. The van der Waals surface area contributed by atoms with Crippen molar-refractivity contribution in [3.63, 3.8) is 0 Å². The molecule has 1 amide bonds. The number of nitrogens with zero attached hydrogens (tertiary/aromatic N) is 1. The number of halogens is 1. The molecule has 0 aliphatic carbocycles. The molecule has 1 fully saturated rings. The predicted molar refractivity (Wildman–Crippen MR) is 92.2 cm³/mol. The van der Waals surface area contributed by atoms with Crippen LogP contribution in [-0.4, -0.2) is 36.6 Å². The molecule has 1 N–H and O–H groups in total. The third-order valence-corrected chi connectivity index (χ3v) is 6.30. The highest BCUT2D eigenvalue weighted by atomic mass is 35.5. The largest absolute Gasteiger partial charge is 0.325 e. The fraction of sp³-hybridized carbons (Fsp3) is 0.562. The Morgan fingerprint density at radius 3 is 2.57 bits per heavy atom. The zero-order valence-corrected chi connectivity index (χ0v) is 15.0. The van der Waals surface area contributed by atoms with E-state index in [9.17, 15) is 13.2 Å². The van der Waals surface area contributed by atoms with Gasteiger partial charge in [0.05, 0.1) is 4.90 Å². The van der Waals surface area contributed by atoms with Crippen molar-refractivity contribution in [2.75, 3.05) is 11.9 Å². The van der Waals surface area contributed by atoms with E-state index in [-0.39, 0.29) is 16.8 Å². The minimum Gasteiger partial charge on any atom is -0.325 e. The number of sulfonamides is 1. The molecule has 1 aliphatic heterocycles. The van der Waals surface area contributed by atoms with Crippen LogP contribution in [0.4, 0.5) is 5.69 Å². The molecule has 7 heteroatoms. The van der Waals surface area contributed by atoms with Gasteiger partial charge >= 0.3 is 0 Å². The van der Waals surface area contributed by atoms with Crippen LogP contribution in [0.3, 0.4) is 0 Å². The first-order chi connectivity index (χ1) is 10.9. The molecule has 1 aromatic carbocycles. The lowest BCUT2D eigenvalue weighted by Gasteiger charge is -2.34. The first kappa shape index (κ1) is 18.2. The maximum Gasteiger partial charge on any atom is 0.243 e. The Balaban J connectivity index is 2.18. The summed E-state index contributed by atoms with van der Waals surface area (Å²) in [7, 11) is -3.49. The van der Waals surface area contributed by atoms with Crippen LogP contribution < -0.4 is 5.32 Å². The number of piperidine rings is 1. The van der Waals surface area contributed by atoms with Crippen LogP contribution in [0, 0.1) is 0 Å². The van der Waals surface area contributed by atoms with Crippen molar-refractivity contribution >= 4 is 33.2 Å². The van der Waals surface area contributed by atoms with Crippen molar-refractivity contribution < 1.29 is 13.2 Å². The van der Waals surface area contributed by atoms with Crippen LogP contribution >= 0.6 is 11.6 Å². The summed E-state index contributed by atoms with van der Waals surface area (Å²) >= 11 is 5.70. The molecule has 2 unspecified atom stereocenters. The van der Waals surface area contributed by atoms with Gasteiger partial charge < -0.3 is 5.32 Å².